The fourth-order valence-electron chi connectivity index (χ4n) is 3.54. The number of unbranched alkanes of at least 4 members (excludes halogenated alkanes) is 1. The summed E-state index contributed by atoms with van der Waals surface area (Å²) < 4.78 is 0. The minimum absolute atomic E-state index is 0.217. The highest BCUT2D eigenvalue weighted by molar-refractivity contribution is 5.78. The van der Waals surface area contributed by atoms with Gasteiger partial charge in [-0.15, -0.1) is 0 Å². The van der Waals surface area contributed by atoms with Crippen molar-refractivity contribution in [3.05, 3.63) is 70.8 Å². The molecular formula is C34H61NO. The zero-order chi connectivity index (χ0) is 28.4. The molecule has 1 unspecified atom stereocenters. The molecule has 0 heterocycles. The van der Waals surface area contributed by atoms with E-state index in [1.807, 2.05) is 72.7 Å². The van der Waals surface area contributed by atoms with Gasteiger partial charge in [0.15, 0.2) is 0 Å². The molecule has 2 N–H and O–H groups in total. The summed E-state index contributed by atoms with van der Waals surface area (Å²) in [5, 5.41) is 0. The number of Topliss-reactive ketones (excluding diaryl/α,β-unsaturated/α-hetero) is 1. The van der Waals surface area contributed by atoms with Gasteiger partial charge in [0.25, 0.3) is 0 Å². The van der Waals surface area contributed by atoms with Gasteiger partial charge in [-0.25, -0.2) is 0 Å². The van der Waals surface area contributed by atoms with Gasteiger partial charge in [-0.3, -0.25) is 4.79 Å². The van der Waals surface area contributed by atoms with E-state index in [2.05, 4.69) is 45.0 Å². The van der Waals surface area contributed by atoms with Crippen LogP contribution in [-0.2, 0) is 24.1 Å². The van der Waals surface area contributed by atoms with Crippen molar-refractivity contribution in [1.29, 1.82) is 0 Å². The molecule has 2 nitrogen and oxygen atoms in total. The normalized spacial score (nSPS) is 13.5. The summed E-state index contributed by atoms with van der Waals surface area (Å²) in [7, 11) is 0. The number of carbonyl (C=O) groups is 1. The zero-order valence-corrected chi connectivity index (χ0v) is 25.9. The molecule has 36 heavy (non-hydrogen) atoms. The van der Waals surface area contributed by atoms with Crippen LogP contribution < -0.4 is 5.73 Å². The Morgan fingerprint density at radius 1 is 0.917 bits per heavy atom. The molecule has 0 saturated carbocycles. The minimum atomic E-state index is 0.217. The van der Waals surface area contributed by atoms with Crippen molar-refractivity contribution >= 4 is 5.78 Å². The van der Waals surface area contributed by atoms with E-state index in [1.54, 1.807) is 18.1 Å². The highest BCUT2D eigenvalue weighted by atomic mass is 16.1. The fourth-order valence-corrected chi connectivity index (χ4v) is 3.54. The maximum atomic E-state index is 10.7. The second-order valence-corrected chi connectivity index (χ2v) is 8.79. The van der Waals surface area contributed by atoms with Crippen molar-refractivity contribution < 1.29 is 4.79 Å². The van der Waals surface area contributed by atoms with Gasteiger partial charge in [-0.1, -0.05) is 129 Å². The number of hydrogen-bond donors (Lipinski definition) is 1. The molecule has 0 amide bonds. The van der Waals surface area contributed by atoms with Crippen LogP contribution in [0.3, 0.4) is 0 Å². The molecular weight excluding hydrogens is 438 g/mol. The Kier molecular flexibility index (Phi) is 29.6. The van der Waals surface area contributed by atoms with Crippen LogP contribution in [0, 0.1) is 12.8 Å². The number of fused-ring (bicyclic) bond motifs is 1. The van der Waals surface area contributed by atoms with Crippen LogP contribution in [0.2, 0.25) is 0 Å². The lowest BCUT2D eigenvalue weighted by Crippen LogP contribution is -2.17. The lowest BCUT2D eigenvalue weighted by Gasteiger charge is -2.20. The van der Waals surface area contributed by atoms with Gasteiger partial charge in [-0.2, -0.15) is 0 Å². The lowest BCUT2D eigenvalue weighted by atomic mass is 9.85. The zero-order valence-electron chi connectivity index (χ0n) is 25.9. The highest BCUT2D eigenvalue weighted by Gasteiger charge is 2.13. The van der Waals surface area contributed by atoms with Crippen LogP contribution in [0.4, 0.5) is 0 Å². The number of carbonyl (C=O) groups excluding carboxylic acids is 1. The first-order chi connectivity index (χ1) is 17.3. The van der Waals surface area contributed by atoms with Gasteiger partial charge >= 0.3 is 0 Å². The van der Waals surface area contributed by atoms with Gasteiger partial charge in [0, 0.05) is 12.5 Å². The molecule has 2 aromatic rings. The average Bonchev–Trinajstić information content (AvgIpc) is 2.92. The quantitative estimate of drug-likeness (QED) is 0.429. The SMILES string of the molecule is CC.CC.CC.CC(=O)Cc1ccc(C)cc1.CC1CCc2ccccc2C1.CCCC[C@H](N)CC. The first kappa shape index (κ1) is 38.6. The number of ketones is 1. The Morgan fingerprint density at radius 2 is 1.44 bits per heavy atom. The molecule has 2 aromatic carbocycles. The minimum Gasteiger partial charge on any atom is -0.328 e. The fraction of sp³-hybridized carbons (Fsp3) is 0.618. The van der Waals surface area contributed by atoms with Crippen LogP contribution in [0.25, 0.3) is 0 Å². The summed E-state index contributed by atoms with van der Waals surface area (Å²) in [6, 6.07) is 17.3. The van der Waals surface area contributed by atoms with Crippen LogP contribution >= 0.6 is 0 Å². The molecule has 0 fully saturated rings. The Labute approximate surface area is 226 Å². The van der Waals surface area contributed by atoms with Gasteiger partial charge in [-0.05, 0) is 68.6 Å². The van der Waals surface area contributed by atoms with E-state index >= 15 is 0 Å². The lowest BCUT2D eigenvalue weighted by molar-refractivity contribution is -0.116. The summed E-state index contributed by atoms with van der Waals surface area (Å²) in [5.41, 5.74) is 11.1. The maximum absolute atomic E-state index is 10.7. The third kappa shape index (κ3) is 21.4. The van der Waals surface area contributed by atoms with E-state index in [-0.39, 0.29) is 5.78 Å². The van der Waals surface area contributed by atoms with Crippen LogP contribution in [0.5, 0.6) is 0 Å². The summed E-state index contributed by atoms with van der Waals surface area (Å²) in [6.45, 7) is 22.3. The number of rotatable bonds is 6. The van der Waals surface area contributed by atoms with Crippen molar-refractivity contribution in [3.8, 4) is 0 Å². The second kappa shape index (κ2) is 27.7. The van der Waals surface area contributed by atoms with Crippen molar-refractivity contribution in [3.63, 3.8) is 0 Å². The highest BCUT2D eigenvalue weighted by Crippen LogP contribution is 2.24. The van der Waals surface area contributed by atoms with E-state index in [0.29, 0.717) is 12.5 Å². The van der Waals surface area contributed by atoms with E-state index < -0.39 is 0 Å². The van der Waals surface area contributed by atoms with Gasteiger partial charge in [0.2, 0.25) is 0 Å². The van der Waals surface area contributed by atoms with E-state index in [4.69, 9.17) is 5.73 Å². The first-order valence-corrected chi connectivity index (χ1v) is 14.7. The van der Waals surface area contributed by atoms with Gasteiger partial charge in [0.1, 0.15) is 5.78 Å². The molecule has 2 heteroatoms. The van der Waals surface area contributed by atoms with Crippen LogP contribution in [0.15, 0.2) is 48.5 Å². The predicted octanol–water partition coefficient (Wildman–Crippen LogP) is 9.93. The molecule has 208 valence electrons. The summed E-state index contributed by atoms with van der Waals surface area (Å²) in [4.78, 5) is 10.7. The second-order valence-electron chi connectivity index (χ2n) is 8.79. The topological polar surface area (TPSA) is 43.1 Å². The maximum Gasteiger partial charge on any atom is 0.134 e. The Hall–Kier alpha value is -1.93. The molecule has 0 spiro atoms. The summed E-state index contributed by atoms with van der Waals surface area (Å²) >= 11 is 0. The largest absolute Gasteiger partial charge is 0.328 e. The molecule has 0 bridgehead atoms. The Balaban J connectivity index is -0.000000415. The van der Waals surface area contributed by atoms with Crippen molar-refractivity contribution in [2.75, 3.05) is 0 Å². The van der Waals surface area contributed by atoms with Crippen LogP contribution in [-0.4, -0.2) is 11.8 Å². The van der Waals surface area contributed by atoms with E-state index in [1.165, 1.54) is 44.1 Å². The Morgan fingerprint density at radius 3 is 1.92 bits per heavy atom. The third-order valence-corrected chi connectivity index (χ3v) is 5.62. The smallest absolute Gasteiger partial charge is 0.134 e. The van der Waals surface area contributed by atoms with Gasteiger partial charge < -0.3 is 5.73 Å². The van der Waals surface area contributed by atoms with E-state index in [9.17, 15) is 4.79 Å². The Bertz CT molecular complexity index is 720. The number of benzene rings is 2. The molecule has 1 aliphatic carbocycles. The average molecular weight is 500 g/mol. The first-order valence-electron chi connectivity index (χ1n) is 14.7. The van der Waals surface area contributed by atoms with Crippen molar-refractivity contribution in [2.45, 2.75) is 134 Å². The third-order valence-electron chi connectivity index (χ3n) is 5.62. The van der Waals surface area contributed by atoms with Gasteiger partial charge in [0.05, 0.1) is 0 Å². The molecule has 2 atom stereocenters. The van der Waals surface area contributed by atoms with E-state index in [0.717, 1.165) is 17.9 Å². The van der Waals surface area contributed by atoms with Crippen molar-refractivity contribution in [2.24, 2.45) is 11.7 Å². The molecule has 3 rings (SSSR count). The molecule has 0 saturated heterocycles. The molecule has 0 aliphatic heterocycles. The molecule has 0 aromatic heterocycles. The number of nitrogens with two attached hydrogens (primary N) is 1. The molecule has 0 radical (unpaired) electrons. The van der Waals surface area contributed by atoms with Crippen molar-refractivity contribution in [1.82, 2.24) is 0 Å². The number of aryl methyl sites for hydroxylation is 2. The predicted molar refractivity (Wildman–Crippen MR) is 165 cm³/mol. The monoisotopic (exact) mass is 499 g/mol. The number of hydrogen-bond acceptors (Lipinski definition) is 2. The summed E-state index contributed by atoms with van der Waals surface area (Å²) in [6.07, 6.45) is 9.39. The molecule has 1 aliphatic rings. The standard InChI is InChI=1S/C11H14.C10H12O.C7H17N.3C2H6/c1-9-6-7-10-4-2-3-5-11(10)8-9;1-8-3-5-10(6-4-8)7-9(2)11;1-3-5-6-7(8)4-2;3*1-2/h2-5,9H,6-8H2,1H3;3-6H,7H2,1-2H3;7H,3-6,8H2,1-2H3;3*1-2H3/t;;7-;;;/m..1.../s1. The summed E-state index contributed by atoms with van der Waals surface area (Å²) in [5.74, 6) is 1.11. The van der Waals surface area contributed by atoms with Crippen LogP contribution in [0.1, 0.15) is 124 Å².